The number of allylic oxidation sites excluding steroid dienone is 12. The molecule has 1 aliphatic carbocycles. The lowest BCUT2D eigenvalue weighted by Crippen LogP contribution is -2.61. The van der Waals surface area contributed by atoms with Gasteiger partial charge >= 0.3 is 5.97 Å². The van der Waals surface area contributed by atoms with Gasteiger partial charge in [0.05, 0.1) is 86.0 Å². The third-order valence-electron chi connectivity index (χ3n) is 12.6. The number of esters is 1. The van der Waals surface area contributed by atoms with Crippen molar-refractivity contribution in [2.75, 3.05) is 6.61 Å². The minimum absolute atomic E-state index is 0.0895. The highest BCUT2D eigenvalue weighted by Gasteiger charge is 2.51. The first-order valence-corrected chi connectivity index (χ1v) is 23.7. The topological polar surface area (TPSA) is 337 Å². The summed E-state index contributed by atoms with van der Waals surface area (Å²) in [4.78, 5) is 26.3. The highest BCUT2D eigenvalue weighted by atomic mass is 16.7. The van der Waals surface area contributed by atoms with Crippen molar-refractivity contribution in [3.05, 3.63) is 85.1 Å². The Morgan fingerprint density at radius 3 is 1.90 bits per heavy atom. The predicted molar refractivity (Wildman–Crippen MR) is 249 cm³/mol. The third-order valence-corrected chi connectivity index (χ3v) is 12.6. The molecule has 3 aliphatic heterocycles. The molecule has 0 spiro atoms. The summed E-state index contributed by atoms with van der Waals surface area (Å²) in [6, 6.07) is -1.45. The zero-order valence-electron chi connectivity index (χ0n) is 39.0. The second kappa shape index (κ2) is 28.4. The maximum absolute atomic E-state index is 13.8. The molecule has 4 rings (SSSR count). The molecule has 0 aromatic carbocycles. The van der Waals surface area contributed by atoms with Crippen LogP contribution in [0.15, 0.2) is 85.1 Å². The van der Waals surface area contributed by atoms with Gasteiger partial charge in [-0.05, 0) is 39.0 Å². The third kappa shape index (κ3) is 19.4. The van der Waals surface area contributed by atoms with E-state index in [9.17, 15) is 60.7 Å². The lowest BCUT2D eigenvalue weighted by Gasteiger charge is -2.46. The summed E-state index contributed by atoms with van der Waals surface area (Å²) in [7, 11) is 0. The Morgan fingerprint density at radius 2 is 1.28 bits per heavy atom. The summed E-state index contributed by atoms with van der Waals surface area (Å²) < 4.78 is 23.3. The van der Waals surface area contributed by atoms with Gasteiger partial charge in [-0.3, -0.25) is 9.59 Å². The number of rotatable bonds is 4. The number of aliphatic hydroxyl groups is 10. The number of carbonyl (C=O) groups excluding carboxylic acids is 2. The first kappa shape index (κ1) is 57.1. The number of carbonyl (C=O) groups is 2. The molecule has 3 fully saturated rings. The standard InChI is InChI=1S/C49H77N3O16/c1-29-15-13-11-9-7-5-3-4-6-8-10-12-14-16-36(67-48-46(62)45(51)41(60)28-65-48)25-42-44(47(63)52-32-20-31(50)21-32)40(59)27-49(64,68-42)26-35(55)23-39(58)37(56)18-17-33(53)22-34(54)24-43(61)66-30(2)19-38(29)57/h3-16,29-42,44-46,48,53-60,62,64H,17-28,50-51H2,1-2H3,(H,52,63)/b4-3-,7-5-,8-6-,11-9-,12-10-,15-13-,16-14-/t29-,30-,31?,32?,33?,34?,35?,36?,37?,38?,39?,40-,41?,42-,44?,45-,46-,48-,49?/m0/s1. The SMILES string of the molecule is C[C@H]1CC(O)[C@@H](C)\C=C/C=C\C=C/C=C\C=C/C=C\C=C/C(O[C@@H]2OCC(O)[C@H](N)[C@@H]2O)C[C@@H]2OC(O)(CC(O)CC(O)C(O)CCC(O)CC(O)CC(=O)O1)C[C@H](O)C2C(=O)NC1CC(N)C1. The zero-order valence-corrected chi connectivity index (χ0v) is 39.0. The maximum atomic E-state index is 13.8. The molecule has 2 saturated heterocycles. The van der Waals surface area contributed by atoms with E-state index in [0.29, 0.717) is 12.8 Å². The van der Waals surface area contributed by atoms with Crippen molar-refractivity contribution < 1.29 is 79.6 Å². The van der Waals surface area contributed by atoms with E-state index in [-0.39, 0.29) is 56.7 Å². The highest BCUT2D eigenvalue weighted by Crippen LogP contribution is 2.38. The highest BCUT2D eigenvalue weighted by molar-refractivity contribution is 5.80. The number of nitrogens with two attached hydrogens (primary N) is 2. The molecular weight excluding hydrogens is 887 g/mol. The van der Waals surface area contributed by atoms with E-state index < -0.39 is 135 Å². The fourth-order valence-electron chi connectivity index (χ4n) is 8.59. The van der Waals surface area contributed by atoms with Crippen molar-refractivity contribution in [3.63, 3.8) is 0 Å². The van der Waals surface area contributed by atoms with Gasteiger partial charge in [0, 0.05) is 50.1 Å². The number of ether oxygens (including phenoxy) is 4. The van der Waals surface area contributed by atoms with Crippen molar-refractivity contribution >= 4 is 11.9 Å². The van der Waals surface area contributed by atoms with Crippen molar-refractivity contribution in [3.8, 4) is 0 Å². The van der Waals surface area contributed by atoms with Crippen molar-refractivity contribution in [2.24, 2.45) is 23.3 Å². The van der Waals surface area contributed by atoms with Crippen LogP contribution in [-0.4, -0.2) is 173 Å². The Kier molecular flexibility index (Phi) is 23.8. The Morgan fingerprint density at radius 1 is 0.676 bits per heavy atom. The molecule has 1 amide bonds. The largest absolute Gasteiger partial charge is 0.462 e. The van der Waals surface area contributed by atoms with Crippen LogP contribution in [0.5, 0.6) is 0 Å². The second-order valence-corrected chi connectivity index (χ2v) is 18.8. The van der Waals surface area contributed by atoms with Gasteiger partial charge in [0.15, 0.2) is 12.1 Å². The smallest absolute Gasteiger partial charge is 0.308 e. The number of nitrogens with one attached hydrogen (secondary N) is 1. The van der Waals surface area contributed by atoms with Crippen LogP contribution >= 0.6 is 0 Å². The van der Waals surface area contributed by atoms with Gasteiger partial charge in [-0.2, -0.15) is 0 Å². The van der Waals surface area contributed by atoms with Gasteiger partial charge in [0.1, 0.15) is 12.2 Å². The van der Waals surface area contributed by atoms with Crippen LogP contribution < -0.4 is 16.8 Å². The molecule has 0 aromatic heterocycles. The van der Waals surface area contributed by atoms with E-state index in [1.54, 1.807) is 61.6 Å². The first-order valence-electron chi connectivity index (χ1n) is 23.7. The van der Waals surface area contributed by atoms with Crippen LogP contribution in [0.2, 0.25) is 0 Å². The van der Waals surface area contributed by atoms with E-state index in [0.717, 1.165) is 0 Å². The summed E-state index contributed by atoms with van der Waals surface area (Å²) in [5.74, 6) is -5.06. The molecule has 1 saturated carbocycles. The van der Waals surface area contributed by atoms with E-state index >= 15 is 0 Å². The average molecular weight is 964 g/mol. The molecule has 15 N–H and O–H groups in total. The molecule has 384 valence electrons. The zero-order chi connectivity index (χ0) is 50.0. The lowest BCUT2D eigenvalue weighted by atomic mass is 9.81. The molecule has 3 heterocycles. The Hall–Kier alpha value is -3.48. The fraction of sp³-hybridized carbons (Fsp3) is 0.673. The molecule has 0 aromatic rings. The van der Waals surface area contributed by atoms with Crippen LogP contribution in [0.3, 0.4) is 0 Å². The minimum Gasteiger partial charge on any atom is -0.462 e. The van der Waals surface area contributed by atoms with Gasteiger partial charge in [-0.25, -0.2) is 0 Å². The van der Waals surface area contributed by atoms with Gasteiger partial charge in [0.25, 0.3) is 0 Å². The second-order valence-electron chi connectivity index (χ2n) is 18.8. The van der Waals surface area contributed by atoms with Crippen molar-refractivity contribution in [2.45, 2.75) is 188 Å². The maximum Gasteiger partial charge on any atom is 0.308 e. The Balaban J connectivity index is 1.56. The number of fused-ring (bicyclic) bond motifs is 2. The van der Waals surface area contributed by atoms with Crippen molar-refractivity contribution in [1.29, 1.82) is 0 Å². The summed E-state index contributed by atoms with van der Waals surface area (Å²) in [5, 5.41) is 112. The average Bonchev–Trinajstić information content (AvgIpc) is 3.23. The number of cyclic esters (lactones) is 1. The van der Waals surface area contributed by atoms with E-state index in [2.05, 4.69) is 5.32 Å². The minimum atomic E-state index is -2.26. The Labute approximate surface area is 398 Å². The monoisotopic (exact) mass is 964 g/mol. The number of amides is 1. The van der Waals surface area contributed by atoms with Crippen LogP contribution in [0.4, 0.5) is 0 Å². The Bertz CT molecular complexity index is 1750. The molecule has 68 heavy (non-hydrogen) atoms. The van der Waals surface area contributed by atoms with E-state index in [1.807, 2.05) is 37.3 Å². The summed E-state index contributed by atoms with van der Waals surface area (Å²) >= 11 is 0. The first-order chi connectivity index (χ1) is 32.2. The van der Waals surface area contributed by atoms with Crippen LogP contribution in [0.1, 0.15) is 84.5 Å². The van der Waals surface area contributed by atoms with Crippen LogP contribution in [0, 0.1) is 11.8 Å². The fourth-order valence-corrected chi connectivity index (χ4v) is 8.59. The summed E-state index contributed by atoms with van der Waals surface area (Å²) in [5.41, 5.74) is 12.0. The molecule has 19 nitrogen and oxygen atoms in total. The van der Waals surface area contributed by atoms with Crippen LogP contribution in [-0.2, 0) is 28.5 Å². The van der Waals surface area contributed by atoms with Gasteiger partial charge in [-0.15, -0.1) is 0 Å². The quantitative estimate of drug-likeness (QED) is 0.159. The summed E-state index contributed by atoms with van der Waals surface area (Å²) in [6.07, 6.45) is 7.04. The molecular formula is C49H77N3O16. The van der Waals surface area contributed by atoms with Crippen LogP contribution in [0.25, 0.3) is 0 Å². The molecule has 4 aliphatic rings. The summed E-state index contributed by atoms with van der Waals surface area (Å²) in [6.45, 7) is 3.22. The molecule has 0 radical (unpaired) electrons. The number of hydrogen-bond donors (Lipinski definition) is 13. The predicted octanol–water partition coefficient (Wildman–Crippen LogP) is -0.401. The van der Waals surface area contributed by atoms with E-state index in [1.165, 1.54) is 0 Å². The van der Waals surface area contributed by atoms with Gasteiger partial charge in [0.2, 0.25) is 5.91 Å². The lowest BCUT2D eigenvalue weighted by molar-refractivity contribution is -0.304. The molecule has 17 atom stereocenters. The van der Waals surface area contributed by atoms with Gasteiger partial charge < -0.3 is 86.8 Å². The number of hydrogen-bond acceptors (Lipinski definition) is 18. The molecule has 10 unspecified atom stereocenters. The molecule has 2 bridgehead atoms. The van der Waals surface area contributed by atoms with Crippen molar-refractivity contribution in [1.82, 2.24) is 5.32 Å². The number of aliphatic hydroxyl groups excluding tert-OH is 9. The van der Waals surface area contributed by atoms with E-state index in [4.69, 9.17) is 30.4 Å². The normalized spacial score (nSPS) is 44.9. The molecule has 19 heteroatoms. The van der Waals surface area contributed by atoms with Gasteiger partial charge in [-0.1, -0.05) is 92.0 Å².